The Labute approximate surface area is 151 Å². The second-order valence-electron chi connectivity index (χ2n) is 7.73. The Kier molecular flexibility index (Phi) is 7.42. The van der Waals surface area contributed by atoms with Gasteiger partial charge in [0.2, 0.25) is 5.91 Å². The zero-order valence-corrected chi connectivity index (χ0v) is 16.5. The maximum absolute atomic E-state index is 12.3. The quantitative estimate of drug-likeness (QED) is 0.830. The number of anilines is 2. The summed E-state index contributed by atoms with van der Waals surface area (Å²) in [5, 5.41) is 5.94. The number of rotatable bonds is 6. The van der Waals surface area contributed by atoms with Gasteiger partial charge in [0.25, 0.3) is 0 Å². The highest BCUT2D eigenvalue weighted by atomic mass is 16.2. The molecule has 0 radical (unpaired) electrons. The summed E-state index contributed by atoms with van der Waals surface area (Å²) < 4.78 is 0. The van der Waals surface area contributed by atoms with E-state index in [9.17, 15) is 9.59 Å². The summed E-state index contributed by atoms with van der Waals surface area (Å²) in [6.45, 7) is 8.80. The number of nitrogens with zero attached hydrogens (tertiary/aromatic N) is 2. The van der Waals surface area contributed by atoms with Gasteiger partial charge in [-0.05, 0) is 56.7 Å². The van der Waals surface area contributed by atoms with Crippen LogP contribution in [-0.4, -0.2) is 50.6 Å². The molecule has 6 nitrogen and oxygen atoms in total. The van der Waals surface area contributed by atoms with Crippen LogP contribution < -0.4 is 15.5 Å². The standard InChI is InChI=1S/C19H32N4O2/c1-14(24)23(7)16-10-8-15(9-11-16)20-18(25)21-17(19(2,3)4)12-13-22(5)6/h8-11,17H,12-13H2,1-7H3,(H2,20,21,25)/t17-/m0/s1. The Hall–Kier alpha value is -2.08. The van der Waals surface area contributed by atoms with Gasteiger partial charge < -0.3 is 20.4 Å². The number of nitrogens with one attached hydrogen (secondary N) is 2. The van der Waals surface area contributed by atoms with Crippen LogP contribution in [0.1, 0.15) is 34.1 Å². The summed E-state index contributed by atoms with van der Waals surface area (Å²) in [5.74, 6) is -0.0348. The van der Waals surface area contributed by atoms with Crippen molar-refractivity contribution < 1.29 is 9.59 Å². The lowest BCUT2D eigenvalue weighted by Crippen LogP contribution is -2.46. The average molecular weight is 348 g/mol. The van der Waals surface area contributed by atoms with Crippen molar-refractivity contribution in [2.24, 2.45) is 5.41 Å². The van der Waals surface area contributed by atoms with Crippen molar-refractivity contribution in [2.45, 2.75) is 40.2 Å². The van der Waals surface area contributed by atoms with Gasteiger partial charge in [0, 0.05) is 31.4 Å². The molecular weight excluding hydrogens is 316 g/mol. The Morgan fingerprint density at radius 3 is 2.08 bits per heavy atom. The van der Waals surface area contributed by atoms with E-state index >= 15 is 0 Å². The minimum Gasteiger partial charge on any atom is -0.335 e. The van der Waals surface area contributed by atoms with Crippen LogP contribution in [0.5, 0.6) is 0 Å². The molecule has 3 amide bonds. The topological polar surface area (TPSA) is 64.7 Å². The van der Waals surface area contributed by atoms with E-state index in [1.807, 2.05) is 26.2 Å². The molecule has 1 aromatic rings. The zero-order valence-electron chi connectivity index (χ0n) is 16.5. The third kappa shape index (κ3) is 7.13. The molecular formula is C19H32N4O2. The fourth-order valence-corrected chi connectivity index (χ4v) is 2.38. The van der Waals surface area contributed by atoms with Gasteiger partial charge >= 0.3 is 6.03 Å². The van der Waals surface area contributed by atoms with Crippen LogP contribution in [0, 0.1) is 5.41 Å². The SMILES string of the molecule is CC(=O)N(C)c1ccc(NC(=O)N[C@@H](CCN(C)C)C(C)(C)C)cc1. The number of amides is 3. The Morgan fingerprint density at radius 2 is 1.64 bits per heavy atom. The Bertz CT molecular complexity index is 576. The molecule has 1 atom stereocenters. The number of carbonyl (C=O) groups excluding carboxylic acids is 2. The molecule has 6 heteroatoms. The van der Waals surface area contributed by atoms with E-state index in [0.29, 0.717) is 5.69 Å². The molecule has 1 aromatic carbocycles. The normalized spacial score (nSPS) is 12.6. The molecule has 0 aliphatic carbocycles. The molecule has 0 saturated carbocycles. The van der Waals surface area contributed by atoms with Crippen LogP contribution in [0.2, 0.25) is 0 Å². The van der Waals surface area contributed by atoms with Gasteiger partial charge in [-0.3, -0.25) is 4.79 Å². The van der Waals surface area contributed by atoms with E-state index in [1.54, 1.807) is 24.1 Å². The first-order chi connectivity index (χ1) is 11.5. The minimum atomic E-state index is -0.216. The van der Waals surface area contributed by atoms with E-state index < -0.39 is 0 Å². The fourth-order valence-electron chi connectivity index (χ4n) is 2.38. The van der Waals surface area contributed by atoms with Gasteiger partial charge in [-0.1, -0.05) is 20.8 Å². The highest BCUT2D eigenvalue weighted by molar-refractivity contribution is 5.92. The molecule has 2 N–H and O–H groups in total. The predicted molar refractivity (Wildman–Crippen MR) is 104 cm³/mol. The summed E-state index contributed by atoms with van der Waals surface area (Å²) in [7, 11) is 5.77. The summed E-state index contributed by atoms with van der Waals surface area (Å²) >= 11 is 0. The van der Waals surface area contributed by atoms with Gasteiger partial charge in [0.1, 0.15) is 0 Å². The van der Waals surface area contributed by atoms with Gasteiger partial charge in [-0.2, -0.15) is 0 Å². The van der Waals surface area contributed by atoms with Gasteiger partial charge in [0.05, 0.1) is 0 Å². The lowest BCUT2D eigenvalue weighted by atomic mass is 9.84. The van der Waals surface area contributed by atoms with Crippen LogP contribution >= 0.6 is 0 Å². The molecule has 25 heavy (non-hydrogen) atoms. The molecule has 140 valence electrons. The largest absolute Gasteiger partial charge is 0.335 e. The third-order valence-electron chi connectivity index (χ3n) is 4.20. The van der Waals surface area contributed by atoms with Crippen LogP contribution in [0.4, 0.5) is 16.2 Å². The molecule has 0 spiro atoms. The lowest BCUT2D eigenvalue weighted by Gasteiger charge is -2.32. The molecule has 0 heterocycles. The van der Waals surface area contributed by atoms with Crippen molar-refractivity contribution in [1.82, 2.24) is 10.2 Å². The van der Waals surface area contributed by atoms with E-state index in [-0.39, 0.29) is 23.4 Å². The van der Waals surface area contributed by atoms with E-state index in [4.69, 9.17) is 0 Å². The highest BCUT2D eigenvalue weighted by Crippen LogP contribution is 2.22. The summed E-state index contributed by atoms with van der Waals surface area (Å²) in [5.41, 5.74) is 1.46. The van der Waals surface area contributed by atoms with Crippen molar-refractivity contribution >= 4 is 23.3 Å². The molecule has 0 saturated heterocycles. The first kappa shape index (κ1) is 21.0. The number of carbonyl (C=O) groups is 2. The monoisotopic (exact) mass is 348 g/mol. The molecule has 0 fully saturated rings. The average Bonchev–Trinajstić information content (AvgIpc) is 2.50. The second-order valence-corrected chi connectivity index (χ2v) is 7.73. The maximum Gasteiger partial charge on any atom is 0.319 e. The first-order valence-corrected chi connectivity index (χ1v) is 8.57. The van der Waals surface area contributed by atoms with E-state index in [0.717, 1.165) is 18.7 Å². The lowest BCUT2D eigenvalue weighted by molar-refractivity contribution is -0.116. The molecule has 1 rings (SSSR count). The zero-order chi connectivity index (χ0) is 19.2. The van der Waals surface area contributed by atoms with Crippen LogP contribution in [0.25, 0.3) is 0 Å². The van der Waals surface area contributed by atoms with Gasteiger partial charge in [0.15, 0.2) is 0 Å². The van der Waals surface area contributed by atoms with Crippen LogP contribution in [-0.2, 0) is 4.79 Å². The summed E-state index contributed by atoms with van der Waals surface area (Å²) in [6, 6.07) is 7.05. The first-order valence-electron chi connectivity index (χ1n) is 8.57. The molecule has 0 aromatic heterocycles. The number of hydrogen-bond acceptors (Lipinski definition) is 3. The number of benzene rings is 1. The highest BCUT2D eigenvalue weighted by Gasteiger charge is 2.26. The Morgan fingerprint density at radius 1 is 1.08 bits per heavy atom. The smallest absolute Gasteiger partial charge is 0.319 e. The summed E-state index contributed by atoms with van der Waals surface area (Å²) in [4.78, 5) is 27.4. The fraction of sp³-hybridized carbons (Fsp3) is 0.579. The van der Waals surface area contributed by atoms with Gasteiger partial charge in [-0.15, -0.1) is 0 Å². The van der Waals surface area contributed by atoms with Crippen molar-refractivity contribution in [3.63, 3.8) is 0 Å². The van der Waals surface area contributed by atoms with Gasteiger partial charge in [-0.25, -0.2) is 4.79 Å². The molecule has 0 unspecified atom stereocenters. The number of hydrogen-bond donors (Lipinski definition) is 2. The second kappa shape index (κ2) is 8.85. The van der Waals surface area contributed by atoms with Crippen LogP contribution in [0.3, 0.4) is 0 Å². The summed E-state index contributed by atoms with van der Waals surface area (Å²) in [6.07, 6.45) is 0.881. The van der Waals surface area contributed by atoms with Crippen molar-refractivity contribution in [2.75, 3.05) is 37.9 Å². The van der Waals surface area contributed by atoms with Crippen molar-refractivity contribution in [3.8, 4) is 0 Å². The van der Waals surface area contributed by atoms with Crippen molar-refractivity contribution in [1.29, 1.82) is 0 Å². The molecule has 0 aliphatic rings. The predicted octanol–water partition coefficient (Wildman–Crippen LogP) is 3.16. The maximum atomic E-state index is 12.3. The molecule has 0 aliphatic heterocycles. The Balaban J connectivity index is 2.69. The minimum absolute atomic E-state index is 0.0264. The van der Waals surface area contributed by atoms with E-state index in [2.05, 4.69) is 36.3 Å². The number of urea groups is 1. The van der Waals surface area contributed by atoms with Crippen LogP contribution in [0.15, 0.2) is 24.3 Å². The molecule has 0 bridgehead atoms. The van der Waals surface area contributed by atoms with E-state index in [1.165, 1.54) is 6.92 Å². The van der Waals surface area contributed by atoms with Crippen molar-refractivity contribution in [3.05, 3.63) is 24.3 Å². The third-order valence-corrected chi connectivity index (χ3v) is 4.20.